The number of halogens is 3. The molecule has 9 heteroatoms. The fourth-order valence-corrected chi connectivity index (χ4v) is 3.36. The number of aromatic nitrogens is 2. The number of aryl methyl sites for hydroxylation is 1. The molecule has 0 saturated carbocycles. The van der Waals surface area contributed by atoms with Gasteiger partial charge in [-0.3, -0.25) is 4.72 Å². The van der Waals surface area contributed by atoms with Crippen molar-refractivity contribution in [2.45, 2.75) is 5.03 Å². The second-order valence-electron chi connectivity index (χ2n) is 3.68. The largest absolute Gasteiger partial charge is 0.324 e. The quantitative estimate of drug-likeness (QED) is 0.933. The van der Waals surface area contributed by atoms with Gasteiger partial charge in [-0.25, -0.2) is 4.98 Å². The first-order valence-corrected chi connectivity index (χ1v) is 7.57. The monoisotopic (exact) mass is 339 g/mol. The number of anilines is 1. The zero-order valence-corrected chi connectivity index (χ0v) is 12.6. The fraction of sp³-hybridized carbons (Fsp3) is 0.100. The zero-order valence-electron chi connectivity index (χ0n) is 9.56. The second kappa shape index (κ2) is 5.20. The normalized spacial score (nSPS) is 11.6. The number of nitrogens with one attached hydrogen (secondary N) is 1. The maximum atomic E-state index is 12.1. The smallest absolute Gasteiger partial charge is 0.282 e. The van der Waals surface area contributed by atoms with Gasteiger partial charge < -0.3 is 4.57 Å². The van der Waals surface area contributed by atoms with Crippen molar-refractivity contribution in [3.8, 4) is 0 Å². The summed E-state index contributed by atoms with van der Waals surface area (Å²) in [6.07, 6.45) is 1.31. The van der Waals surface area contributed by atoms with E-state index in [1.807, 2.05) is 0 Å². The maximum absolute atomic E-state index is 12.1. The molecule has 0 saturated heterocycles. The molecule has 0 aliphatic rings. The molecule has 0 bridgehead atoms. The van der Waals surface area contributed by atoms with Gasteiger partial charge in [0.1, 0.15) is 5.15 Å². The number of sulfonamides is 1. The van der Waals surface area contributed by atoms with Gasteiger partial charge in [-0.15, -0.1) is 0 Å². The standard InChI is InChI=1S/C10H8Cl3N3O2S/c1-16-5-14-10(9(16)13)19(17,18)15-8-3-2-6(11)4-7(8)12/h2-5,15H,1H3. The summed E-state index contributed by atoms with van der Waals surface area (Å²) in [6.45, 7) is 0. The van der Waals surface area contributed by atoms with E-state index >= 15 is 0 Å². The van der Waals surface area contributed by atoms with Gasteiger partial charge in [-0.1, -0.05) is 34.8 Å². The Morgan fingerprint density at radius 1 is 1.26 bits per heavy atom. The molecule has 5 nitrogen and oxygen atoms in total. The van der Waals surface area contributed by atoms with Gasteiger partial charge in [0.2, 0.25) is 5.03 Å². The minimum Gasteiger partial charge on any atom is -0.324 e. The Balaban J connectivity index is 2.39. The molecule has 0 fully saturated rings. The van der Waals surface area contributed by atoms with Crippen LogP contribution < -0.4 is 4.72 Å². The van der Waals surface area contributed by atoms with Crippen LogP contribution in [-0.2, 0) is 17.1 Å². The highest BCUT2D eigenvalue weighted by Crippen LogP contribution is 2.28. The van der Waals surface area contributed by atoms with Crippen LogP contribution in [0.3, 0.4) is 0 Å². The molecule has 1 heterocycles. The van der Waals surface area contributed by atoms with Crippen LogP contribution >= 0.6 is 34.8 Å². The van der Waals surface area contributed by atoms with Crippen LogP contribution in [0.25, 0.3) is 0 Å². The first-order valence-electron chi connectivity index (χ1n) is 4.96. The molecule has 19 heavy (non-hydrogen) atoms. The Morgan fingerprint density at radius 2 is 1.95 bits per heavy atom. The lowest BCUT2D eigenvalue weighted by Gasteiger charge is -2.08. The summed E-state index contributed by atoms with van der Waals surface area (Å²) in [5, 5.41) is 0.340. The third kappa shape index (κ3) is 2.97. The summed E-state index contributed by atoms with van der Waals surface area (Å²) in [5.41, 5.74) is 0.202. The van der Waals surface area contributed by atoms with Crippen molar-refractivity contribution < 1.29 is 8.42 Å². The van der Waals surface area contributed by atoms with Crippen LogP contribution in [0, 0.1) is 0 Å². The number of nitrogens with zero attached hydrogens (tertiary/aromatic N) is 2. The number of hydrogen-bond donors (Lipinski definition) is 1. The van der Waals surface area contributed by atoms with Gasteiger partial charge in [-0.2, -0.15) is 8.42 Å². The first-order chi connectivity index (χ1) is 8.81. The van der Waals surface area contributed by atoms with E-state index in [9.17, 15) is 8.42 Å². The average Bonchev–Trinajstić information content (AvgIpc) is 2.64. The third-order valence-corrected chi connectivity index (χ3v) is 4.67. The van der Waals surface area contributed by atoms with E-state index < -0.39 is 10.0 Å². The molecule has 2 aromatic rings. The Bertz CT molecular complexity index is 728. The van der Waals surface area contributed by atoms with Crippen molar-refractivity contribution in [2.24, 2.45) is 7.05 Å². The highest BCUT2D eigenvalue weighted by atomic mass is 35.5. The molecular formula is C10H8Cl3N3O2S. The Morgan fingerprint density at radius 3 is 2.47 bits per heavy atom. The predicted octanol–water partition coefficient (Wildman–Crippen LogP) is 3.18. The zero-order chi connectivity index (χ0) is 14.2. The van der Waals surface area contributed by atoms with Crippen LogP contribution in [0.2, 0.25) is 15.2 Å². The summed E-state index contributed by atoms with van der Waals surface area (Å²) in [4.78, 5) is 3.74. The van der Waals surface area contributed by atoms with Crippen LogP contribution in [0.15, 0.2) is 29.6 Å². The summed E-state index contributed by atoms with van der Waals surface area (Å²) in [5.74, 6) is 0. The molecule has 1 aromatic carbocycles. The minimum absolute atomic E-state index is 0.0117. The van der Waals surface area contributed by atoms with E-state index in [0.717, 1.165) is 0 Å². The van der Waals surface area contributed by atoms with E-state index in [0.29, 0.717) is 5.02 Å². The highest BCUT2D eigenvalue weighted by Gasteiger charge is 2.23. The van der Waals surface area contributed by atoms with E-state index in [4.69, 9.17) is 34.8 Å². The Kier molecular flexibility index (Phi) is 3.96. The molecule has 2 rings (SSSR count). The summed E-state index contributed by atoms with van der Waals surface area (Å²) >= 11 is 17.5. The lowest BCUT2D eigenvalue weighted by atomic mass is 10.3. The molecule has 0 aliphatic carbocycles. The molecule has 0 atom stereocenters. The van der Waals surface area contributed by atoms with Crippen LogP contribution in [-0.4, -0.2) is 18.0 Å². The fourth-order valence-electron chi connectivity index (χ4n) is 1.34. The average molecular weight is 341 g/mol. The van der Waals surface area contributed by atoms with Gasteiger partial charge in [0, 0.05) is 12.1 Å². The lowest BCUT2D eigenvalue weighted by Crippen LogP contribution is -2.14. The van der Waals surface area contributed by atoms with Gasteiger partial charge in [-0.05, 0) is 18.2 Å². The topological polar surface area (TPSA) is 64.0 Å². The maximum Gasteiger partial charge on any atom is 0.282 e. The third-order valence-electron chi connectivity index (χ3n) is 2.26. The Hall–Kier alpha value is -0.950. The SMILES string of the molecule is Cn1cnc(S(=O)(=O)Nc2ccc(Cl)cc2Cl)c1Cl. The second-order valence-corrected chi connectivity index (χ2v) is 6.48. The van der Waals surface area contributed by atoms with E-state index in [1.165, 1.54) is 29.1 Å². The molecule has 102 valence electrons. The molecule has 0 amide bonds. The van der Waals surface area contributed by atoms with E-state index in [-0.39, 0.29) is 20.9 Å². The molecule has 0 unspecified atom stereocenters. The van der Waals surface area contributed by atoms with Gasteiger partial charge in [0.15, 0.2) is 0 Å². The van der Waals surface area contributed by atoms with Crippen LogP contribution in [0.1, 0.15) is 0 Å². The summed E-state index contributed by atoms with van der Waals surface area (Å²) < 4.78 is 27.9. The summed E-state index contributed by atoms with van der Waals surface area (Å²) in [6, 6.07) is 4.41. The van der Waals surface area contributed by atoms with Crippen molar-refractivity contribution in [1.82, 2.24) is 9.55 Å². The van der Waals surface area contributed by atoms with Crippen molar-refractivity contribution >= 4 is 50.5 Å². The molecule has 0 aliphatic heterocycles. The van der Waals surface area contributed by atoms with Crippen molar-refractivity contribution in [2.75, 3.05) is 4.72 Å². The number of imidazole rings is 1. The van der Waals surface area contributed by atoms with Crippen molar-refractivity contribution in [1.29, 1.82) is 0 Å². The molecule has 1 aromatic heterocycles. The lowest BCUT2D eigenvalue weighted by molar-refractivity contribution is 0.598. The van der Waals surface area contributed by atoms with Crippen LogP contribution in [0.5, 0.6) is 0 Å². The van der Waals surface area contributed by atoms with Gasteiger partial charge in [0.25, 0.3) is 10.0 Å². The molecule has 0 spiro atoms. The van der Waals surface area contributed by atoms with E-state index in [1.54, 1.807) is 7.05 Å². The van der Waals surface area contributed by atoms with Gasteiger partial charge >= 0.3 is 0 Å². The van der Waals surface area contributed by atoms with Crippen molar-refractivity contribution in [3.63, 3.8) is 0 Å². The Labute approximate surface area is 125 Å². The van der Waals surface area contributed by atoms with Crippen LogP contribution in [0.4, 0.5) is 5.69 Å². The molecular weight excluding hydrogens is 333 g/mol. The number of rotatable bonds is 3. The van der Waals surface area contributed by atoms with Crippen molar-refractivity contribution in [3.05, 3.63) is 39.7 Å². The molecule has 0 radical (unpaired) electrons. The first kappa shape index (κ1) is 14.5. The summed E-state index contributed by atoms with van der Waals surface area (Å²) in [7, 11) is -2.31. The van der Waals surface area contributed by atoms with Gasteiger partial charge in [0.05, 0.1) is 17.0 Å². The van der Waals surface area contributed by atoms with E-state index in [2.05, 4.69) is 9.71 Å². The molecule has 1 N–H and O–H groups in total. The number of benzene rings is 1. The minimum atomic E-state index is -3.90. The predicted molar refractivity (Wildman–Crippen MR) is 75.5 cm³/mol. The highest BCUT2D eigenvalue weighted by molar-refractivity contribution is 7.92. The number of hydrogen-bond acceptors (Lipinski definition) is 3.